The molecule has 2 rings (SSSR count). The minimum Gasteiger partial charge on any atom is -0.385 e. The molecular weight excluding hydrogens is 224 g/mol. The topological polar surface area (TPSA) is 24.5 Å². The highest BCUT2D eigenvalue weighted by Gasteiger charge is 2.27. The standard InChI is InChI=1S/C15H24N2O/c1-13(8-11-18-2)17-10-9-16-12-15(17)14-6-4-3-5-7-14/h3-7,13,15-16H,8-12H2,1-2H3. The Hall–Kier alpha value is -0.900. The van der Waals surface area contributed by atoms with Gasteiger partial charge in [-0.2, -0.15) is 0 Å². The van der Waals surface area contributed by atoms with Crippen LogP contribution in [0.15, 0.2) is 30.3 Å². The first kappa shape index (κ1) is 13.5. The van der Waals surface area contributed by atoms with Crippen LogP contribution in [0.4, 0.5) is 0 Å². The zero-order chi connectivity index (χ0) is 12.8. The lowest BCUT2D eigenvalue weighted by Gasteiger charge is -2.40. The quantitative estimate of drug-likeness (QED) is 0.863. The molecule has 1 saturated heterocycles. The molecular formula is C15H24N2O. The van der Waals surface area contributed by atoms with Crippen molar-refractivity contribution in [1.29, 1.82) is 0 Å². The molecule has 1 N–H and O–H groups in total. The Morgan fingerprint density at radius 3 is 2.89 bits per heavy atom. The van der Waals surface area contributed by atoms with Crippen LogP contribution in [0.5, 0.6) is 0 Å². The summed E-state index contributed by atoms with van der Waals surface area (Å²) in [7, 11) is 1.78. The molecule has 0 amide bonds. The SMILES string of the molecule is COCCC(C)N1CCNCC1c1ccccc1. The van der Waals surface area contributed by atoms with Crippen LogP contribution in [-0.2, 0) is 4.74 Å². The predicted octanol–water partition coefficient (Wildman–Crippen LogP) is 2.06. The third-order valence-corrected chi connectivity index (χ3v) is 3.78. The highest BCUT2D eigenvalue weighted by Crippen LogP contribution is 2.25. The monoisotopic (exact) mass is 248 g/mol. The maximum atomic E-state index is 5.20. The molecule has 1 aromatic carbocycles. The van der Waals surface area contributed by atoms with Gasteiger partial charge in [-0.05, 0) is 18.9 Å². The van der Waals surface area contributed by atoms with Gasteiger partial charge in [0.05, 0.1) is 0 Å². The van der Waals surface area contributed by atoms with E-state index in [9.17, 15) is 0 Å². The van der Waals surface area contributed by atoms with Crippen molar-refractivity contribution in [2.24, 2.45) is 0 Å². The second-order valence-corrected chi connectivity index (χ2v) is 5.00. The summed E-state index contributed by atoms with van der Waals surface area (Å²) in [5.74, 6) is 0. The molecule has 0 saturated carbocycles. The molecule has 1 aliphatic heterocycles. The largest absolute Gasteiger partial charge is 0.385 e. The minimum atomic E-state index is 0.492. The van der Waals surface area contributed by atoms with E-state index in [4.69, 9.17) is 4.74 Å². The van der Waals surface area contributed by atoms with E-state index in [1.165, 1.54) is 5.56 Å². The van der Waals surface area contributed by atoms with E-state index in [1.807, 2.05) is 0 Å². The zero-order valence-corrected chi connectivity index (χ0v) is 11.4. The number of nitrogens with one attached hydrogen (secondary N) is 1. The van der Waals surface area contributed by atoms with Gasteiger partial charge in [0.25, 0.3) is 0 Å². The van der Waals surface area contributed by atoms with E-state index in [2.05, 4.69) is 47.5 Å². The number of rotatable bonds is 5. The van der Waals surface area contributed by atoms with E-state index in [0.717, 1.165) is 32.7 Å². The van der Waals surface area contributed by atoms with Gasteiger partial charge in [-0.15, -0.1) is 0 Å². The molecule has 0 bridgehead atoms. The third-order valence-electron chi connectivity index (χ3n) is 3.78. The Balaban J connectivity index is 2.06. The van der Waals surface area contributed by atoms with Crippen molar-refractivity contribution < 1.29 is 4.74 Å². The summed E-state index contributed by atoms with van der Waals surface area (Å²) in [5.41, 5.74) is 1.41. The summed E-state index contributed by atoms with van der Waals surface area (Å²) >= 11 is 0. The van der Waals surface area contributed by atoms with Gasteiger partial charge in [0.1, 0.15) is 0 Å². The van der Waals surface area contributed by atoms with Crippen LogP contribution in [0, 0.1) is 0 Å². The van der Waals surface area contributed by atoms with Crippen molar-refractivity contribution in [1.82, 2.24) is 10.2 Å². The van der Waals surface area contributed by atoms with Crippen LogP contribution in [0.25, 0.3) is 0 Å². The van der Waals surface area contributed by atoms with Gasteiger partial charge < -0.3 is 10.1 Å². The lowest BCUT2D eigenvalue weighted by atomic mass is 10.0. The van der Waals surface area contributed by atoms with E-state index in [-0.39, 0.29) is 0 Å². The number of hydrogen-bond donors (Lipinski definition) is 1. The van der Waals surface area contributed by atoms with E-state index < -0.39 is 0 Å². The Labute approximate surface area is 110 Å². The van der Waals surface area contributed by atoms with Gasteiger partial charge in [-0.3, -0.25) is 4.90 Å². The number of methoxy groups -OCH3 is 1. The molecule has 0 spiro atoms. The molecule has 1 fully saturated rings. The fraction of sp³-hybridized carbons (Fsp3) is 0.600. The highest BCUT2D eigenvalue weighted by atomic mass is 16.5. The molecule has 1 aliphatic rings. The molecule has 0 aromatic heterocycles. The maximum Gasteiger partial charge on any atom is 0.0477 e. The molecule has 0 radical (unpaired) electrons. The summed E-state index contributed by atoms with van der Waals surface area (Å²) < 4.78 is 5.20. The van der Waals surface area contributed by atoms with E-state index in [1.54, 1.807) is 7.11 Å². The van der Waals surface area contributed by atoms with Gasteiger partial charge in [0, 0.05) is 45.4 Å². The third kappa shape index (κ3) is 3.31. The molecule has 1 heterocycles. The summed E-state index contributed by atoms with van der Waals surface area (Å²) in [4.78, 5) is 2.60. The van der Waals surface area contributed by atoms with Crippen molar-refractivity contribution in [2.75, 3.05) is 33.4 Å². The Bertz CT molecular complexity index is 342. The second-order valence-electron chi connectivity index (χ2n) is 5.00. The van der Waals surface area contributed by atoms with Gasteiger partial charge in [0.15, 0.2) is 0 Å². The molecule has 3 nitrogen and oxygen atoms in total. The number of piperazine rings is 1. The molecule has 2 unspecified atom stereocenters. The number of hydrogen-bond acceptors (Lipinski definition) is 3. The Morgan fingerprint density at radius 1 is 1.39 bits per heavy atom. The summed E-state index contributed by atoms with van der Waals surface area (Å²) in [5, 5.41) is 3.50. The fourth-order valence-corrected chi connectivity index (χ4v) is 2.69. The van der Waals surface area contributed by atoms with Crippen LogP contribution in [0.3, 0.4) is 0 Å². The summed E-state index contributed by atoms with van der Waals surface area (Å²) in [6.45, 7) is 6.39. The number of nitrogens with zero attached hydrogens (tertiary/aromatic N) is 1. The normalized spacial score (nSPS) is 22.9. The van der Waals surface area contributed by atoms with Crippen LogP contribution < -0.4 is 5.32 Å². The first-order valence-corrected chi connectivity index (χ1v) is 6.83. The Morgan fingerprint density at radius 2 is 2.17 bits per heavy atom. The molecule has 18 heavy (non-hydrogen) atoms. The maximum absolute atomic E-state index is 5.20. The molecule has 3 heteroatoms. The van der Waals surface area contributed by atoms with Crippen molar-refractivity contribution in [3.8, 4) is 0 Å². The van der Waals surface area contributed by atoms with Crippen LogP contribution in [0.1, 0.15) is 24.9 Å². The number of benzene rings is 1. The average Bonchev–Trinajstić information content (AvgIpc) is 2.45. The van der Waals surface area contributed by atoms with E-state index in [0.29, 0.717) is 12.1 Å². The average molecular weight is 248 g/mol. The van der Waals surface area contributed by atoms with Crippen LogP contribution in [-0.4, -0.2) is 44.3 Å². The minimum absolute atomic E-state index is 0.492. The van der Waals surface area contributed by atoms with Crippen molar-refractivity contribution >= 4 is 0 Å². The van der Waals surface area contributed by atoms with E-state index >= 15 is 0 Å². The van der Waals surface area contributed by atoms with Crippen LogP contribution >= 0.6 is 0 Å². The van der Waals surface area contributed by atoms with Crippen molar-refractivity contribution in [2.45, 2.75) is 25.4 Å². The molecule has 0 aliphatic carbocycles. The summed E-state index contributed by atoms with van der Waals surface area (Å²) in [6, 6.07) is 11.9. The number of ether oxygens (including phenoxy) is 1. The first-order valence-electron chi connectivity index (χ1n) is 6.83. The lowest BCUT2D eigenvalue weighted by Crippen LogP contribution is -2.49. The second kappa shape index (κ2) is 6.88. The van der Waals surface area contributed by atoms with Gasteiger partial charge in [-0.25, -0.2) is 0 Å². The van der Waals surface area contributed by atoms with Gasteiger partial charge >= 0.3 is 0 Å². The first-order chi connectivity index (χ1) is 8.83. The van der Waals surface area contributed by atoms with Crippen LogP contribution in [0.2, 0.25) is 0 Å². The van der Waals surface area contributed by atoms with Gasteiger partial charge in [-0.1, -0.05) is 30.3 Å². The van der Waals surface area contributed by atoms with Crippen molar-refractivity contribution in [3.63, 3.8) is 0 Å². The Kier molecular flexibility index (Phi) is 5.17. The smallest absolute Gasteiger partial charge is 0.0477 e. The fourth-order valence-electron chi connectivity index (χ4n) is 2.69. The lowest BCUT2D eigenvalue weighted by molar-refractivity contribution is 0.0862. The summed E-state index contributed by atoms with van der Waals surface area (Å²) in [6.07, 6.45) is 1.10. The molecule has 2 atom stereocenters. The zero-order valence-electron chi connectivity index (χ0n) is 11.4. The molecule has 1 aromatic rings. The van der Waals surface area contributed by atoms with Gasteiger partial charge in [0.2, 0.25) is 0 Å². The molecule has 100 valence electrons. The highest BCUT2D eigenvalue weighted by molar-refractivity contribution is 5.20. The van der Waals surface area contributed by atoms with Crippen molar-refractivity contribution in [3.05, 3.63) is 35.9 Å². The predicted molar refractivity (Wildman–Crippen MR) is 74.7 cm³/mol.